The Morgan fingerprint density at radius 1 is 1.24 bits per heavy atom. The first kappa shape index (κ1) is 18.8. The number of hydrogen-bond donors (Lipinski definition) is 2. The number of hydrogen-bond acceptors (Lipinski definition) is 5. The van der Waals surface area contributed by atoms with Crippen molar-refractivity contribution in [2.75, 3.05) is 32.5 Å². The van der Waals surface area contributed by atoms with Crippen molar-refractivity contribution in [3.05, 3.63) is 52.5 Å². The molecule has 2 aromatic rings. The van der Waals surface area contributed by atoms with E-state index in [1.165, 1.54) is 17.4 Å². The number of carbonyl (C=O) groups excluding carboxylic acids is 2. The Morgan fingerprint density at radius 3 is 2.64 bits per heavy atom. The summed E-state index contributed by atoms with van der Waals surface area (Å²) in [6.07, 6.45) is 3.17. The minimum absolute atomic E-state index is 0.169. The van der Waals surface area contributed by atoms with E-state index >= 15 is 0 Å². The average Bonchev–Trinajstić information content (AvgIpc) is 2.94. The second-order valence-corrected chi connectivity index (χ2v) is 6.73. The topological polar surface area (TPSA) is 74.3 Å². The first-order valence-corrected chi connectivity index (χ1v) is 8.72. The molecule has 0 radical (unpaired) electrons. The van der Waals surface area contributed by atoms with Crippen molar-refractivity contribution in [1.29, 1.82) is 0 Å². The van der Waals surface area contributed by atoms with Gasteiger partial charge < -0.3 is 10.2 Å². The summed E-state index contributed by atoms with van der Waals surface area (Å²) in [5, 5.41) is 5.96. The molecule has 132 valence electrons. The molecule has 2 amide bonds. The van der Waals surface area contributed by atoms with E-state index in [9.17, 15) is 9.59 Å². The molecule has 1 aromatic heterocycles. The summed E-state index contributed by atoms with van der Waals surface area (Å²) in [5.41, 5.74) is 1.55. The summed E-state index contributed by atoms with van der Waals surface area (Å²) >= 11 is 1.17. The maximum absolute atomic E-state index is 12.2. The predicted octanol–water partition coefficient (Wildman–Crippen LogP) is 2.39. The number of amides is 2. The zero-order valence-corrected chi connectivity index (χ0v) is 15.4. The lowest BCUT2D eigenvalue weighted by atomic mass is 10.2. The molecule has 0 aliphatic rings. The zero-order chi connectivity index (χ0) is 18.2. The fraction of sp³-hybridized carbons (Fsp3) is 0.278. The number of benzene rings is 1. The lowest BCUT2D eigenvalue weighted by Crippen LogP contribution is -2.31. The van der Waals surface area contributed by atoms with Crippen LogP contribution in [0.15, 0.2) is 36.4 Å². The molecule has 0 aliphatic carbocycles. The number of nitrogens with one attached hydrogen (secondary N) is 2. The third-order valence-corrected chi connectivity index (χ3v) is 4.38. The molecule has 1 aromatic carbocycles. The van der Waals surface area contributed by atoms with Gasteiger partial charge in [0, 0.05) is 19.2 Å². The first-order valence-electron chi connectivity index (χ1n) is 7.90. The van der Waals surface area contributed by atoms with Crippen LogP contribution in [0.2, 0.25) is 0 Å². The maximum Gasteiger partial charge on any atom is 0.263 e. The number of carbonyl (C=O) groups is 2. The van der Waals surface area contributed by atoms with Gasteiger partial charge in [0.05, 0.1) is 5.69 Å². The minimum atomic E-state index is -0.280. The molecule has 0 saturated carbocycles. The second kappa shape index (κ2) is 9.10. The molecule has 0 aliphatic heterocycles. The lowest BCUT2D eigenvalue weighted by Gasteiger charge is -2.09. The third-order valence-electron chi connectivity index (χ3n) is 3.30. The largest absolute Gasteiger partial charge is 0.350 e. The lowest BCUT2D eigenvalue weighted by molar-refractivity contribution is -0.111. The Balaban J connectivity index is 1.94. The maximum atomic E-state index is 12.2. The highest BCUT2D eigenvalue weighted by molar-refractivity contribution is 7.17. The zero-order valence-electron chi connectivity index (χ0n) is 14.6. The summed E-state index contributed by atoms with van der Waals surface area (Å²) < 4.78 is 0. The first-order chi connectivity index (χ1) is 12.0. The van der Waals surface area contributed by atoms with Gasteiger partial charge in [-0.25, -0.2) is 4.98 Å². The van der Waals surface area contributed by atoms with E-state index < -0.39 is 0 Å². The molecule has 0 unspecified atom stereocenters. The van der Waals surface area contributed by atoms with Gasteiger partial charge in [0.15, 0.2) is 5.13 Å². The number of rotatable bonds is 7. The van der Waals surface area contributed by atoms with Crippen LogP contribution in [0.3, 0.4) is 0 Å². The summed E-state index contributed by atoms with van der Waals surface area (Å²) in [7, 11) is 3.89. The van der Waals surface area contributed by atoms with Gasteiger partial charge >= 0.3 is 0 Å². The van der Waals surface area contributed by atoms with Crippen molar-refractivity contribution in [3.8, 4) is 0 Å². The fourth-order valence-electron chi connectivity index (χ4n) is 2.02. The van der Waals surface area contributed by atoms with Crippen LogP contribution in [0.25, 0.3) is 6.08 Å². The molecular formula is C18H22N4O2S. The van der Waals surface area contributed by atoms with Crippen molar-refractivity contribution in [1.82, 2.24) is 15.2 Å². The van der Waals surface area contributed by atoms with E-state index in [0.717, 1.165) is 12.1 Å². The number of aromatic nitrogens is 1. The van der Waals surface area contributed by atoms with Crippen LogP contribution in [-0.2, 0) is 4.79 Å². The number of likely N-dealkylation sites (N-methyl/N-ethyl adjacent to an activating group) is 1. The SMILES string of the molecule is Cc1nc(NC(=O)C=Cc2ccccc2)sc1C(=O)NCCN(C)C. The van der Waals surface area contributed by atoms with E-state index in [1.807, 2.05) is 49.3 Å². The van der Waals surface area contributed by atoms with Crippen LogP contribution in [0, 0.1) is 6.92 Å². The van der Waals surface area contributed by atoms with Crippen molar-refractivity contribution >= 4 is 34.4 Å². The Hall–Kier alpha value is -2.51. The van der Waals surface area contributed by atoms with E-state index in [-0.39, 0.29) is 11.8 Å². The van der Waals surface area contributed by atoms with Gasteiger partial charge in [-0.1, -0.05) is 41.7 Å². The van der Waals surface area contributed by atoms with Crippen LogP contribution < -0.4 is 10.6 Å². The van der Waals surface area contributed by atoms with E-state index in [0.29, 0.717) is 22.2 Å². The molecule has 0 fully saturated rings. The van der Waals surface area contributed by atoms with Crippen LogP contribution in [0.4, 0.5) is 5.13 Å². The van der Waals surface area contributed by atoms with Gasteiger partial charge in [0.2, 0.25) is 5.91 Å². The second-order valence-electron chi connectivity index (χ2n) is 5.73. The monoisotopic (exact) mass is 358 g/mol. The summed E-state index contributed by atoms with van der Waals surface area (Å²) in [4.78, 5) is 30.9. The molecular weight excluding hydrogens is 336 g/mol. The van der Waals surface area contributed by atoms with Crippen molar-refractivity contribution in [2.24, 2.45) is 0 Å². The summed E-state index contributed by atoms with van der Waals surface area (Å²) in [6, 6.07) is 9.55. The smallest absolute Gasteiger partial charge is 0.263 e. The summed E-state index contributed by atoms with van der Waals surface area (Å²) in [6.45, 7) is 3.08. The predicted molar refractivity (Wildman–Crippen MR) is 102 cm³/mol. The van der Waals surface area contributed by atoms with Gasteiger partial charge in [-0.3, -0.25) is 14.9 Å². The average molecular weight is 358 g/mol. The van der Waals surface area contributed by atoms with Crippen molar-refractivity contribution < 1.29 is 9.59 Å². The quantitative estimate of drug-likeness (QED) is 0.746. The fourth-order valence-corrected chi connectivity index (χ4v) is 2.90. The minimum Gasteiger partial charge on any atom is -0.350 e. The van der Waals surface area contributed by atoms with Gasteiger partial charge in [-0.05, 0) is 32.7 Å². The van der Waals surface area contributed by atoms with Crippen LogP contribution in [-0.4, -0.2) is 48.9 Å². The number of thiazole rings is 1. The normalized spacial score (nSPS) is 11.0. The van der Waals surface area contributed by atoms with E-state index in [4.69, 9.17) is 0 Å². The van der Waals surface area contributed by atoms with Gasteiger partial charge in [0.25, 0.3) is 5.91 Å². The molecule has 0 saturated heterocycles. The van der Waals surface area contributed by atoms with E-state index in [1.54, 1.807) is 13.0 Å². The molecule has 7 heteroatoms. The van der Waals surface area contributed by atoms with Crippen molar-refractivity contribution in [2.45, 2.75) is 6.92 Å². The number of nitrogens with zero attached hydrogens (tertiary/aromatic N) is 2. The summed E-state index contributed by atoms with van der Waals surface area (Å²) in [5.74, 6) is -0.450. The third kappa shape index (κ3) is 6.13. The standard InChI is InChI=1S/C18H22N4O2S/c1-13-16(17(24)19-11-12-22(2)3)25-18(20-13)21-15(23)10-9-14-7-5-4-6-8-14/h4-10H,11-12H2,1-3H3,(H,19,24)(H,20,21,23). The molecule has 2 rings (SSSR count). The Morgan fingerprint density at radius 2 is 1.96 bits per heavy atom. The highest BCUT2D eigenvalue weighted by Gasteiger charge is 2.15. The van der Waals surface area contributed by atoms with Crippen molar-refractivity contribution in [3.63, 3.8) is 0 Å². The van der Waals surface area contributed by atoms with Crippen LogP contribution >= 0.6 is 11.3 Å². The molecule has 6 nitrogen and oxygen atoms in total. The Labute approximate surface area is 151 Å². The molecule has 1 heterocycles. The highest BCUT2D eigenvalue weighted by atomic mass is 32.1. The molecule has 0 bridgehead atoms. The molecule has 0 spiro atoms. The van der Waals surface area contributed by atoms with Gasteiger partial charge in [-0.2, -0.15) is 0 Å². The molecule has 0 atom stereocenters. The molecule has 25 heavy (non-hydrogen) atoms. The van der Waals surface area contributed by atoms with Crippen LogP contribution in [0.1, 0.15) is 20.9 Å². The molecule has 2 N–H and O–H groups in total. The number of anilines is 1. The number of aryl methyl sites for hydroxylation is 1. The van der Waals surface area contributed by atoms with Gasteiger partial charge in [0.1, 0.15) is 4.88 Å². The Bertz CT molecular complexity index is 754. The van der Waals surface area contributed by atoms with Gasteiger partial charge in [-0.15, -0.1) is 0 Å². The van der Waals surface area contributed by atoms with Crippen LogP contribution in [0.5, 0.6) is 0 Å². The van der Waals surface area contributed by atoms with E-state index in [2.05, 4.69) is 15.6 Å². The Kier molecular flexibility index (Phi) is 6.85. The highest BCUT2D eigenvalue weighted by Crippen LogP contribution is 2.22.